The first-order valence-electron chi connectivity index (χ1n) is 5.32. The van der Waals surface area contributed by atoms with E-state index in [1.807, 2.05) is 24.3 Å². The van der Waals surface area contributed by atoms with Crippen molar-refractivity contribution in [1.29, 1.82) is 5.26 Å². The molecule has 2 aromatic rings. The SMILES string of the molecule is N#Cc1ccc(CS(=O)c2ccccc2Cl)cc1. The van der Waals surface area contributed by atoms with Gasteiger partial charge in [0.25, 0.3) is 0 Å². The van der Waals surface area contributed by atoms with E-state index in [0.29, 0.717) is 21.2 Å². The Bertz CT molecular complexity index is 616. The van der Waals surface area contributed by atoms with E-state index in [2.05, 4.69) is 6.07 Å². The molecule has 0 aromatic heterocycles. The maximum atomic E-state index is 12.2. The first-order chi connectivity index (χ1) is 8.70. The van der Waals surface area contributed by atoms with Gasteiger partial charge in [-0.1, -0.05) is 35.9 Å². The van der Waals surface area contributed by atoms with Crippen LogP contribution in [0.2, 0.25) is 5.02 Å². The molecule has 0 bridgehead atoms. The fourth-order valence-electron chi connectivity index (χ4n) is 1.53. The third kappa shape index (κ3) is 2.98. The molecule has 0 N–H and O–H groups in total. The summed E-state index contributed by atoms with van der Waals surface area (Å²) in [5, 5.41) is 9.22. The fraction of sp³-hybridized carbons (Fsp3) is 0.0714. The Morgan fingerprint density at radius 1 is 1.11 bits per heavy atom. The Labute approximate surface area is 113 Å². The summed E-state index contributed by atoms with van der Waals surface area (Å²) in [7, 11) is -1.17. The molecule has 0 fully saturated rings. The molecule has 2 nitrogen and oxygen atoms in total. The summed E-state index contributed by atoms with van der Waals surface area (Å²) in [5.41, 5.74) is 1.52. The molecule has 0 heterocycles. The fourth-order valence-corrected chi connectivity index (χ4v) is 3.09. The lowest BCUT2D eigenvalue weighted by atomic mass is 10.2. The summed E-state index contributed by atoms with van der Waals surface area (Å²) in [6, 6.07) is 16.2. The molecule has 0 radical (unpaired) electrons. The lowest BCUT2D eigenvalue weighted by molar-refractivity contribution is 0.682. The van der Waals surface area contributed by atoms with Crippen molar-refractivity contribution in [2.24, 2.45) is 0 Å². The Morgan fingerprint density at radius 3 is 2.39 bits per heavy atom. The first kappa shape index (κ1) is 12.8. The van der Waals surface area contributed by atoms with Crippen LogP contribution in [0.25, 0.3) is 0 Å². The topological polar surface area (TPSA) is 40.9 Å². The van der Waals surface area contributed by atoms with E-state index in [1.165, 1.54) is 0 Å². The average molecular weight is 276 g/mol. The maximum Gasteiger partial charge on any atom is 0.0991 e. The molecule has 0 aliphatic carbocycles. The first-order valence-corrected chi connectivity index (χ1v) is 7.02. The summed E-state index contributed by atoms with van der Waals surface area (Å²) >= 11 is 6.00. The lowest BCUT2D eigenvalue weighted by Gasteiger charge is -2.04. The van der Waals surface area contributed by atoms with Crippen LogP contribution in [0.1, 0.15) is 11.1 Å². The van der Waals surface area contributed by atoms with Gasteiger partial charge in [0.05, 0.1) is 38.1 Å². The summed E-state index contributed by atoms with van der Waals surface area (Å²) in [4.78, 5) is 0.642. The van der Waals surface area contributed by atoms with E-state index in [4.69, 9.17) is 16.9 Å². The van der Waals surface area contributed by atoms with E-state index < -0.39 is 10.8 Å². The molecule has 4 heteroatoms. The second kappa shape index (κ2) is 5.81. The van der Waals surface area contributed by atoms with Crippen LogP contribution in [0.4, 0.5) is 0 Å². The highest BCUT2D eigenvalue weighted by molar-refractivity contribution is 7.84. The van der Waals surface area contributed by atoms with E-state index >= 15 is 0 Å². The van der Waals surface area contributed by atoms with Gasteiger partial charge in [-0.05, 0) is 29.8 Å². The van der Waals surface area contributed by atoms with Gasteiger partial charge in [0.15, 0.2) is 0 Å². The van der Waals surface area contributed by atoms with Crippen LogP contribution in [0.3, 0.4) is 0 Å². The van der Waals surface area contributed by atoms with Gasteiger partial charge in [-0.3, -0.25) is 4.21 Å². The predicted molar refractivity (Wildman–Crippen MR) is 72.7 cm³/mol. The Kier molecular flexibility index (Phi) is 4.14. The van der Waals surface area contributed by atoms with Crippen LogP contribution in [0.15, 0.2) is 53.4 Å². The largest absolute Gasteiger partial charge is 0.254 e. The number of hydrogen-bond donors (Lipinski definition) is 0. The maximum absolute atomic E-state index is 12.2. The highest BCUT2D eigenvalue weighted by atomic mass is 35.5. The predicted octanol–water partition coefficient (Wildman–Crippen LogP) is 3.52. The highest BCUT2D eigenvalue weighted by Gasteiger charge is 2.08. The van der Waals surface area contributed by atoms with Crippen molar-refractivity contribution < 1.29 is 4.21 Å². The van der Waals surface area contributed by atoms with Gasteiger partial charge in [-0.15, -0.1) is 0 Å². The van der Waals surface area contributed by atoms with Crippen LogP contribution in [-0.4, -0.2) is 4.21 Å². The van der Waals surface area contributed by atoms with E-state index in [1.54, 1.807) is 24.3 Å². The molecular formula is C14H10ClNOS. The van der Waals surface area contributed by atoms with Crippen LogP contribution >= 0.6 is 11.6 Å². The van der Waals surface area contributed by atoms with Crippen molar-refractivity contribution in [2.45, 2.75) is 10.6 Å². The highest BCUT2D eigenvalue weighted by Crippen LogP contribution is 2.21. The van der Waals surface area contributed by atoms with Crippen molar-refractivity contribution in [3.8, 4) is 6.07 Å². The third-order valence-corrected chi connectivity index (χ3v) is 4.35. The third-order valence-electron chi connectivity index (χ3n) is 2.46. The van der Waals surface area contributed by atoms with Crippen LogP contribution in [0, 0.1) is 11.3 Å². The molecular weight excluding hydrogens is 266 g/mol. The van der Waals surface area contributed by atoms with Crippen molar-refractivity contribution in [2.75, 3.05) is 0 Å². The summed E-state index contributed by atoms with van der Waals surface area (Å²) in [6.07, 6.45) is 0. The second-order valence-corrected chi connectivity index (χ2v) is 5.56. The summed E-state index contributed by atoms with van der Waals surface area (Å²) < 4.78 is 12.2. The molecule has 2 aromatic carbocycles. The van der Waals surface area contributed by atoms with Gasteiger partial charge in [-0.25, -0.2) is 0 Å². The van der Waals surface area contributed by atoms with Gasteiger partial charge in [0, 0.05) is 0 Å². The number of nitrogens with zero attached hydrogens (tertiary/aromatic N) is 1. The van der Waals surface area contributed by atoms with Crippen LogP contribution < -0.4 is 0 Å². The van der Waals surface area contributed by atoms with Crippen molar-refractivity contribution in [3.63, 3.8) is 0 Å². The molecule has 0 saturated carbocycles. The molecule has 1 unspecified atom stereocenters. The molecule has 0 saturated heterocycles. The second-order valence-electron chi connectivity index (χ2n) is 3.73. The molecule has 90 valence electrons. The van der Waals surface area contributed by atoms with Crippen molar-refractivity contribution in [3.05, 3.63) is 64.7 Å². The van der Waals surface area contributed by atoms with Crippen LogP contribution in [-0.2, 0) is 16.6 Å². The Morgan fingerprint density at radius 2 is 1.78 bits per heavy atom. The minimum absolute atomic E-state index is 0.398. The quantitative estimate of drug-likeness (QED) is 0.860. The number of rotatable bonds is 3. The van der Waals surface area contributed by atoms with Crippen molar-refractivity contribution in [1.82, 2.24) is 0 Å². The van der Waals surface area contributed by atoms with Gasteiger partial charge < -0.3 is 0 Å². The van der Waals surface area contributed by atoms with Crippen molar-refractivity contribution >= 4 is 22.4 Å². The molecule has 18 heavy (non-hydrogen) atoms. The van der Waals surface area contributed by atoms with Crippen LogP contribution in [0.5, 0.6) is 0 Å². The minimum atomic E-state index is -1.17. The monoisotopic (exact) mass is 275 g/mol. The van der Waals surface area contributed by atoms with Gasteiger partial charge in [-0.2, -0.15) is 5.26 Å². The van der Waals surface area contributed by atoms with E-state index in [9.17, 15) is 4.21 Å². The lowest BCUT2D eigenvalue weighted by Crippen LogP contribution is -1.97. The zero-order valence-corrected chi connectivity index (χ0v) is 11.0. The Balaban J connectivity index is 2.17. The number of halogens is 1. The standard InChI is InChI=1S/C14H10ClNOS/c15-13-3-1-2-4-14(13)18(17)10-12-7-5-11(9-16)6-8-12/h1-8H,10H2. The zero-order chi connectivity index (χ0) is 13.0. The summed E-state index contributed by atoms with van der Waals surface area (Å²) in [6.45, 7) is 0. The Hall–Kier alpha value is -1.63. The normalized spacial score (nSPS) is 11.8. The molecule has 2 rings (SSSR count). The minimum Gasteiger partial charge on any atom is -0.254 e. The zero-order valence-electron chi connectivity index (χ0n) is 9.47. The number of nitriles is 1. The molecule has 0 aliphatic heterocycles. The van der Waals surface area contributed by atoms with Gasteiger partial charge in [0.1, 0.15) is 0 Å². The smallest absolute Gasteiger partial charge is 0.0991 e. The van der Waals surface area contributed by atoms with E-state index in [0.717, 1.165) is 5.56 Å². The average Bonchev–Trinajstić information content (AvgIpc) is 2.40. The molecule has 1 atom stereocenters. The molecule has 0 aliphatic rings. The number of benzene rings is 2. The molecule has 0 amide bonds. The van der Waals surface area contributed by atoms with Gasteiger partial charge >= 0.3 is 0 Å². The van der Waals surface area contributed by atoms with Gasteiger partial charge in [0.2, 0.25) is 0 Å². The van der Waals surface area contributed by atoms with E-state index in [-0.39, 0.29) is 0 Å². The number of hydrogen-bond acceptors (Lipinski definition) is 2. The molecule has 0 spiro atoms. The summed E-state index contributed by atoms with van der Waals surface area (Å²) in [5.74, 6) is 0.398.